The normalized spacial score (nSPS) is 11.6. The highest BCUT2D eigenvalue weighted by Crippen LogP contribution is 2.30. The van der Waals surface area contributed by atoms with Crippen molar-refractivity contribution in [2.75, 3.05) is 7.05 Å². The maximum atomic E-state index is 6.16. The van der Waals surface area contributed by atoms with Crippen molar-refractivity contribution in [1.82, 2.24) is 5.32 Å². The van der Waals surface area contributed by atoms with E-state index in [1.54, 1.807) is 0 Å². The molecule has 0 saturated carbocycles. The minimum Gasteiger partial charge on any atom is -0.487 e. The lowest BCUT2D eigenvalue weighted by atomic mass is 10.1. The van der Waals surface area contributed by atoms with Gasteiger partial charge in [-0.05, 0) is 39.4 Å². The van der Waals surface area contributed by atoms with Crippen LogP contribution in [0.25, 0.3) is 0 Å². The lowest BCUT2D eigenvalue weighted by molar-refractivity contribution is 0.104. The predicted octanol–water partition coefficient (Wildman–Crippen LogP) is 3.63. The Morgan fingerprint density at radius 3 is 2.62 bits per heavy atom. The molecule has 0 fully saturated rings. The second-order valence-electron chi connectivity index (χ2n) is 4.46. The Balaban J connectivity index is 2.99. The molecule has 0 aliphatic carbocycles. The van der Waals surface area contributed by atoms with E-state index in [9.17, 15) is 0 Å². The molecule has 1 rings (SSSR count). The van der Waals surface area contributed by atoms with Crippen LogP contribution in [0.5, 0.6) is 5.75 Å². The SMILES string of the molecule is CCC(C)(C)Oc1cccc(Cl)c1CNC. The van der Waals surface area contributed by atoms with Crippen LogP contribution in [0, 0.1) is 0 Å². The molecular formula is C13H20ClNO. The van der Waals surface area contributed by atoms with E-state index in [0.29, 0.717) is 0 Å². The summed E-state index contributed by atoms with van der Waals surface area (Å²) >= 11 is 6.16. The number of hydrogen-bond donors (Lipinski definition) is 1. The first-order valence-corrected chi connectivity index (χ1v) is 5.99. The van der Waals surface area contributed by atoms with Gasteiger partial charge in [-0.3, -0.25) is 0 Å². The van der Waals surface area contributed by atoms with Gasteiger partial charge in [0, 0.05) is 17.1 Å². The topological polar surface area (TPSA) is 21.3 Å². The van der Waals surface area contributed by atoms with Crippen molar-refractivity contribution in [1.29, 1.82) is 0 Å². The largest absolute Gasteiger partial charge is 0.487 e. The summed E-state index contributed by atoms with van der Waals surface area (Å²) in [5.41, 5.74) is 0.862. The van der Waals surface area contributed by atoms with E-state index < -0.39 is 0 Å². The lowest BCUT2D eigenvalue weighted by Crippen LogP contribution is -2.27. The highest BCUT2D eigenvalue weighted by Gasteiger charge is 2.19. The van der Waals surface area contributed by atoms with Crippen LogP contribution in [0.4, 0.5) is 0 Å². The fourth-order valence-electron chi connectivity index (χ4n) is 1.35. The number of rotatable bonds is 5. The Kier molecular flexibility index (Phi) is 4.63. The highest BCUT2D eigenvalue weighted by molar-refractivity contribution is 6.31. The van der Waals surface area contributed by atoms with E-state index in [-0.39, 0.29) is 5.60 Å². The van der Waals surface area contributed by atoms with Gasteiger partial charge < -0.3 is 10.1 Å². The minimum atomic E-state index is -0.160. The van der Waals surface area contributed by atoms with Gasteiger partial charge in [0.2, 0.25) is 0 Å². The van der Waals surface area contributed by atoms with Gasteiger partial charge in [0.1, 0.15) is 11.4 Å². The standard InChI is InChI=1S/C13H20ClNO/c1-5-13(2,3)16-12-8-6-7-11(14)10(12)9-15-4/h6-8,15H,5,9H2,1-4H3. The van der Waals surface area contributed by atoms with Gasteiger partial charge in [0.05, 0.1) is 0 Å². The van der Waals surface area contributed by atoms with E-state index in [2.05, 4.69) is 26.1 Å². The van der Waals surface area contributed by atoms with E-state index in [1.165, 1.54) is 0 Å². The molecule has 0 aliphatic rings. The average Bonchev–Trinajstić information content (AvgIpc) is 2.23. The van der Waals surface area contributed by atoms with Gasteiger partial charge in [0.15, 0.2) is 0 Å². The quantitative estimate of drug-likeness (QED) is 0.850. The third kappa shape index (κ3) is 3.39. The van der Waals surface area contributed by atoms with Gasteiger partial charge in [-0.25, -0.2) is 0 Å². The molecule has 0 aliphatic heterocycles. The number of hydrogen-bond acceptors (Lipinski definition) is 2. The molecule has 0 atom stereocenters. The summed E-state index contributed by atoms with van der Waals surface area (Å²) in [6.45, 7) is 6.99. The predicted molar refractivity (Wildman–Crippen MR) is 69.2 cm³/mol. The Morgan fingerprint density at radius 1 is 1.38 bits per heavy atom. The molecule has 3 heteroatoms. The molecule has 1 aromatic rings. The molecule has 0 aromatic heterocycles. The third-order valence-corrected chi connectivity index (χ3v) is 3.02. The van der Waals surface area contributed by atoms with Crippen LogP contribution in [0.1, 0.15) is 32.8 Å². The van der Waals surface area contributed by atoms with E-state index in [4.69, 9.17) is 16.3 Å². The molecule has 2 nitrogen and oxygen atoms in total. The molecule has 0 radical (unpaired) electrons. The lowest BCUT2D eigenvalue weighted by Gasteiger charge is -2.26. The monoisotopic (exact) mass is 241 g/mol. The first-order chi connectivity index (χ1) is 7.50. The van der Waals surface area contributed by atoms with Crippen molar-refractivity contribution in [3.63, 3.8) is 0 Å². The van der Waals surface area contributed by atoms with Gasteiger partial charge >= 0.3 is 0 Å². The summed E-state index contributed by atoms with van der Waals surface area (Å²) < 4.78 is 5.99. The van der Waals surface area contributed by atoms with Crippen LogP contribution in [0.2, 0.25) is 5.02 Å². The van der Waals surface area contributed by atoms with Gasteiger partial charge in [-0.2, -0.15) is 0 Å². The molecule has 0 amide bonds. The van der Waals surface area contributed by atoms with E-state index in [1.807, 2.05) is 25.2 Å². The Bertz CT molecular complexity index is 350. The van der Waals surface area contributed by atoms with Crippen LogP contribution in [0.15, 0.2) is 18.2 Å². The fraction of sp³-hybridized carbons (Fsp3) is 0.538. The van der Waals surface area contributed by atoms with Crippen LogP contribution in [-0.4, -0.2) is 12.6 Å². The van der Waals surface area contributed by atoms with Crippen molar-refractivity contribution in [3.05, 3.63) is 28.8 Å². The fourth-order valence-corrected chi connectivity index (χ4v) is 1.59. The molecule has 1 aromatic carbocycles. The summed E-state index contributed by atoms with van der Waals surface area (Å²) in [5, 5.41) is 3.85. The van der Waals surface area contributed by atoms with Crippen molar-refractivity contribution < 1.29 is 4.74 Å². The molecule has 0 saturated heterocycles. The third-order valence-electron chi connectivity index (χ3n) is 2.67. The maximum Gasteiger partial charge on any atom is 0.126 e. The molecule has 0 unspecified atom stereocenters. The van der Waals surface area contributed by atoms with Gasteiger partial charge in [0.25, 0.3) is 0 Å². The summed E-state index contributed by atoms with van der Waals surface area (Å²) in [6, 6.07) is 5.78. The van der Waals surface area contributed by atoms with E-state index in [0.717, 1.165) is 29.3 Å². The van der Waals surface area contributed by atoms with Crippen molar-refractivity contribution in [3.8, 4) is 5.75 Å². The number of nitrogens with one attached hydrogen (secondary N) is 1. The Hall–Kier alpha value is -0.730. The maximum absolute atomic E-state index is 6.16. The zero-order valence-electron chi connectivity index (χ0n) is 10.4. The van der Waals surface area contributed by atoms with Gasteiger partial charge in [-0.1, -0.05) is 24.6 Å². The zero-order valence-corrected chi connectivity index (χ0v) is 11.2. The summed E-state index contributed by atoms with van der Waals surface area (Å²) in [6.07, 6.45) is 0.957. The second-order valence-corrected chi connectivity index (χ2v) is 4.87. The smallest absolute Gasteiger partial charge is 0.126 e. The van der Waals surface area contributed by atoms with Crippen molar-refractivity contribution in [2.24, 2.45) is 0 Å². The number of ether oxygens (including phenoxy) is 1. The van der Waals surface area contributed by atoms with Crippen LogP contribution >= 0.6 is 11.6 Å². The minimum absolute atomic E-state index is 0.160. The first kappa shape index (κ1) is 13.3. The van der Waals surface area contributed by atoms with Crippen molar-refractivity contribution in [2.45, 2.75) is 39.3 Å². The van der Waals surface area contributed by atoms with Crippen LogP contribution in [0.3, 0.4) is 0 Å². The van der Waals surface area contributed by atoms with Crippen LogP contribution in [-0.2, 0) is 6.54 Å². The molecule has 0 heterocycles. The molecule has 90 valence electrons. The molecule has 16 heavy (non-hydrogen) atoms. The average molecular weight is 242 g/mol. The second kappa shape index (κ2) is 5.55. The Morgan fingerprint density at radius 2 is 2.06 bits per heavy atom. The van der Waals surface area contributed by atoms with Gasteiger partial charge in [-0.15, -0.1) is 0 Å². The van der Waals surface area contributed by atoms with Crippen LogP contribution < -0.4 is 10.1 Å². The van der Waals surface area contributed by atoms with E-state index >= 15 is 0 Å². The molecule has 0 spiro atoms. The summed E-state index contributed by atoms with van der Waals surface area (Å²) in [7, 11) is 1.90. The highest BCUT2D eigenvalue weighted by atomic mass is 35.5. The zero-order chi connectivity index (χ0) is 12.2. The number of halogens is 1. The number of benzene rings is 1. The molecule has 0 bridgehead atoms. The summed E-state index contributed by atoms with van der Waals surface area (Å²) in [4.78, 5) is 0. The summed E-state index contributed by atoms with van der Waals surface area (Å²) in [5.74, 6) is 0.869. The molecule has 1 N–H and O–H groups in total. The Labute approximate surface area is 103 Å². The first-order valence-electron chi connectivity index (χ1n) is 5.61. The van der Waals surface area contributed by atoms with Crippen molar-refractivity contribution >= 4 is 11.6 Å². The molecular weight excluding hydrogens is 222 g/mol.